The second-order valence-corrected chi connectivity index (χ2v) is 4.77. The molecule has 0 saturated heterocycles. The van der Waals surface area contributed by atoms with Crippen LogP contribution in [0, 0.1) is 5.92 Å². The van der Waals surface area contributed by atoms with E-state index < -0.39 is 0 Å². The van der Waals surface area contributed by atoms with Crippen LogP contribution < -0.4 is 5.73 Å². The summed E-state index contributed by atoms with van der Waals surface area (Å²) in [6, 6.07) is 0. The molecule has 2 nitrogen and oxygen atoms in total. The summed E-state index contributed by atoms with van der Waals surface area (Å²) in [5.41, 5.74) is 6.67. The minimum Gasteiger partial charge on any atom is -0.330 e. The topological polar surface area (TPSA) is 43.1 Å². The Kier molecular flexibility index (Phi) is 9.21. The van der Waals surface area contributed by atoms with Crippen molar-refractivity contribution in [3.8, 4) is 0 Å². The molecule has 0 saturated carbocycles. The van der Waals surface area contributed by atoms with Crippen molar-refractivity contribution in [1.29, 1.82) is 0 Å². The summed E-state index contributed by atoms with van der Waals surface area (Å²) in [6.07, 6.45) is 6.68. The third-order valence-electron chi connectivity index (χ3n) is 2.93. The van der Waals surface area contributed by atoms with Gasteiger partial charge in [0.25, 0.3) is 0 Å². The van der Waals surface area contributed by atoms with E-state index in [2.05, 4.69) is 13.5 Å². The second kappa shape index (κ2) is 9.59. The molecule has 1 atom stereocenters. The first-order valence-corrected chi connectivity index (χ1v) is 6.46. The van der Waals surface area contributed by atoms with Crippen molar-refractivity contribution in [3.63, 3.8) is 0 Å². The third-order valence-corrected chi connectivity index (χ3v) is 2.93. The number of allylic oxidation sites excluding steroid dienone is 1. The Hall–Kier alpha value is -0.630. The number of ketones is 1. The van der Waals surface area contributed by atoms with E-state index >= 15 is 0 Å². The molecular formula is C14H27NO. The Morgan fingerprint density at radius 1 is 1.19 bits per heavy atom. The molecule has 0 aliphatic heterocycles. The van der Waals surface area contributed by atoms with Gasteiger partial charge < -0.3 is 5.73 Å². The summed E-state index contributed by atoms with van der Waals surface area (Å²) in [5.74, 6) is 1.02. The van der Waals surface area contributed by atoms with Crippen LogP contribution in [0.25, 0.3) is 0 Å². The van der Waals surface area contributed by atoms with Crippen molar-refractivity contribution in [2.45, 2.75) is 58.8 Å². The van der Waals surface area contributed by atoms with Crippen LogP contribution in [0.1, 0.15) is 58.8 Å². The average Bonchev–Trinajstić information content (AvgIpc) is 2.23. The molecule has 0 aromatic rings. The van der Waals surface area contributed by atoms with Crippen LogP contribution in [0.5, 0.6) is 0 Å². The summed E-state index contributed by atoms with van der Waals surface area (Å²) in [5, 5.41) is 0. The maximum absolute atomic E-state index is 11.6. The number of rotatable bonds is 10. The summed E-state index contributed by atoms with van der Waals surface area (Å²) in [4.78, 5) is 11.6. The number of hydrogen-bond donors (Lipinski definition) is 1. The predicted molar refractivity (Wildman–Crippen MR) is 70.4 cm³/mol. The van der Waals surface area contributed by atoms with Crippen LogP contribution in [0.3, 0.4) is 0 Å². The van der Waals surface area contributed by atoms with Crippen LogP contribution in [-0.4, -0.2) is 12.3 Å². The lowest BCUT2D eigenvalue weighted by Crippen LogP contribution is -2.10. The SMILES string of the molecule is C=C(C)CCC(=O)CCC(CCC)CCN. The van der Waals surface area contributed by atoms with E-state index in [-0.39, 0.29) is 0 Å². The highest BCUT2D eigenvalue weighted by molar-refractivity contribution is 5.78. The molecular weight excluding hydrogens is 198 g/mol. The molecule has 16 heavy (non-hydrogen) atoms. The van der Waals surface area contributed by atoms with Gasteiger partial charge in [0, 0.05) is 12.8 Å². The number of carbonyl (C=O) groups excluding carboxylic acids is 1. The Balaban J connectivity index is 3.72. The average molecular weight is 225 g/mol. The first kappa shape index (κ1) is 15.4. The highest BCUT2D eigenvalue weighted by Crippen LogP contribution is 2.18. The van der Waals surface area contributed by atoms with Gasteiger partial charge in [0.15, 0.2) is 0 Å². The fourth-order valence-electron chi connectivity index (χ4n) is 1.92. The van der Waals surface area contributed by atoms with E-state index in [0.717, 1.165) is 37.8 Å². The van der Waals surface area contributed by atoms with Crippen molar-refractivity contribution < 1.29 is 4.79 Å². The maximum Gasteiger partial charge on any atom is 0.133 e. The Morgan fingerprint density at radius 2 is 1.88 bits per heavy atom. The van der Waals surface area contributed by atoms with Crippen LogP contribution in [-0.2, 0) is 4.79 Å². The van der Waals surface area contributed by atoms with Gasteiger partial charge in [-0.1, -0.05) is 25.3 Å². The largest absolute Gasteiger partial charge is 0.330 e. The van der Waals surface area contributed by atoms with Gasteiger partial charge in [0.1, 0.15) is 5.78 Å². The lowest BCUT2D eigenvalue weighted by atomic mass is 9.92. The van der Waals surface area contributed by atoms with E-state index in [1.165, 1.54) is 12.8 Å². The molecule has 0 aliphatic rings. The lowest BCUT2D eigenvalue weighted by Gasteiger charge is -2.14. The molecule has 2 heteroatoms. The van der Waals surface area contributed by atoms with Crippen molar-refractivity contribution in [1.82, 2.24) is 0 Å². The van der Waals surface area contributed by atoms with Crippen LogP contribution in [0.2, 0.25) is 0 Å². The Labute approximate surface area is 100 Å². The molecule has 0 aliphatic carbocycles. The van der Waals surface area contributed by atoms with Gasteiger partial charge in [0.2, 0.25) is 0 Å². The Bertz CT molecular complexity index is 205. The van der Waals surface area contributed by atoms with Crippen molar-refractivity contribution in [2.24, 2.45) is 11.7 Å². The van der Waals surface area contributed by atoms with Gasteiger partial charge >= 0.3 is 0 Å². The zero-order valence-corrected chi connectivity index (χ0v) is 10.9. The lowest BCUT2D eigenvalue weighted by molar-refractivity contribution is -0.119. The summed E-state index contributed by atoms with van der Waals surface area (Å²) in [7, 11) is 0. The Morgan fingerprint density at radius 3 is 2.38 bits per heavy atom. The molecule has 0 radical (unpaired) electrons. The zero-order valence-electron chi connectivity index (χ0n) is 10.9. The van der Waals surface area contributed by atoms with Gasteiger partial charge in [-0.25, -0.2) is 0 Å². The third kappa shape index (κ3) is 8.66. The first-order chi connectivity index (χ1) is 7.60. The molecule has 2 N–H and O–H groups in total. The highest BCUT2D eigenvalue weighted by Gasteiger charge is 2.09. The van der Waals surface area contributed by atoms with Crippen molar-refractivity contribution in [3.05, 3.63) is 12.2 Å². The molecule has 0 heterocycles. The second-order valence-electron chi connectivity index (χ2n) is 4.77. The summed E-state index contributed by atoms with van der Waals surface area (Å²) in [6.45, 7) is 8.71. The fraction of sp³-hybridized carbons (Fsp3) is 0.786. The van der Waals surface area contributed by atoms with Gasteiger partial charge in [-0.05, 0) is 38.6 Å². The minimum atomic E-state index is 0.376. The molecule has 0 rings (SSSR count). The molecule has 94 valence electrons. The predicted octanol–water partition coefficient (Wildman–Crippen LogP) is 3.46. The molecule has 0 aromatic heterocycles. The van der Waals surface area contributed by atoms with E-state index in [4.69, 9.17) is 5.73 Å². The molecule has 0 bridgehead atoms. The van der Waals surface area contributed by atoms with E-state index in [9.17, 15) is 4.79 Å². The standard InChI is InChI=1S/C14H27NO/c1-4-5-13(10-11-15)7-9-14(16)8-6-12(2)3/h13H,2,4-11,15H2,1,3H3. The number of hydrogen-bond acceptors (Lipinski definition) is 2. The fourth-order valence-corrected chi connectivity index (χ4v) is 1.92. The van der Waals surface area contributed by atoms with E-state index in [0.29, 0.717) is 18.1 Å². The molecule has 0 aromatic carbocycles. The molecule has 0 fully saturated rings. The van der Waals surface area contributed by atoms with Crippen LogP contribution in [0.15, 0.2) is 12.2 Å². The summed E-state index contributed by atoms with van der Waals surface area (Å²) >= 11 is 0. The molecule has 0 spiro atoms. The normalized spacial score (nSPS) is 12.4. The van der Waals surface area contributed by atoms with Gasteiger partial charge in [-0.15, -0.1) is 6.58 Å². The maximum atomic E-state index is 11.6. The summed E-state index contributed by atoms with van der Waals surface area (Å²) < 4.78 is 0. The molecule has 1 unspecified atom stereocenters. The monoisotopic (exact) mass is 225 g/mol. The minimum absolute atomic E-state index is 0.376. The smallest absolute Gasteiger partial charge is 0.133 e. The quantitative estimate of drug-likeness (QED) is 0.579. The van der Waals surface area contributed by atoms with Gasteiger partial charge in [-0.2, -0.15) is 0 Å². The van der Waals surface area contributed by atoms with Crippen molar-refractivity contribution >= 4 is 5.78 Å². The number of Topliss-reactive ketones (excluding diaryl/α,β-unsaturated/α-hetero) is 1. The number of nitrogens with two attached hydrogens (primary N) is 1. The number of carbonyl (C=O) groups is 1. The zero-order chi connectivity index (χ0) is 12.4. The van der Waals surface area contributed by atoms with Gasteiger partial charge in [-0.3, -0.25) is 4.79 Å². The van der Waals surface area contributed by atoms with Crippen LogP contribution in [0.4, 0.5) is 0 Å². The van der Waals surface area contributed by atoms with Crippen LogP contribution >= 0.6 is 0 Å². The highest BCUT2D eigenvalue weighted by atomic mass is 16.1. The van der Waals surface area contributed by atoms with E-state index in [1.807, 2.05) is 6.92 Å². The van der Waals surface area contributed by atoms with E-state index in [1.54, 1.807) is 0 Å². The first-order valence-electron chi connectivity index (χ1n) is 6.46. The van der Waals surface area contributed by atoms with Crippen molar-refractivity contribution in [2.75, 3.05) is 6.54 Å². The van der Waals surface area contributed by atoms with Gasteiger partial charge in [0.05, 0.1) is 0 Å². The molecule has 0 amide bonds.